The molecule has 3 heterocycles. The number of alkyl halides is 3. The smallest absolute Gasteiger partial charge is 0.470 e. The highest BCUT2D eigenvalue weighted by molar-refractivity contribution is 7.91. The van der Waals surface area contributed by atoms with Crippen LogP contribution in [-0.4, -0.2) is 82.9 Å². The number of furan rings is 1. The summed E-state index contributed by atoms with van der Waals surface area (Å²) in [6.07, 6.45) is -3.64. The van der Waals surface area contributed by atoms with Crippen LogP contribution in [0.4, 0.5) is 23.2 Å². The van der Waals surface area contributed by atoms with E-state index in [9.17, 15) is 40.4 Å². The first-order valence-electron chi connectivity index (χ1n) is 19.8. The van der Waals surface area contributed by atoms with Gasteiger partial charge in [-0.3, -0.25) is 19.1 Å². The quantitative estimate of drug-likeness (QED) is 0.0854. The fourth-order valence-electron chi connectivity index (χ4n) is 7.66. The molecule has 3 fully saturated rings. The molecule has 2 saturated carbocycles. The van der Waals surface area contributed by atoms with Crippen molar-refractivity contribution in [3.8, 4) is 23.0 Å². The van der Waals surface area contributed by atoms with Crippen LogP contribution in [-0.2, 0) is 24.4 Å². The number of anilines is 1. The van der Waals surface area contributed by atoms with Gasteiger partial charge in [-0.05, 0) is 85.3 Å². The topological polar surface area (TPSA) is 182 Å². The number of nitrogens with one attached hydrogen (secondary N) is 3. The van der Waals surface area contributed by atoms with E-state index < -0.39 is 86.0 Å². The van der Waals surface area contributed by atoms with Gasteiger partial charge in [0, 0.05) is 29.0 Å². The highest BCUT2D eigenvalue weighted by Crippen LogP contribution is 2.46. The summed E-state index contributed by atoms with van der Waals surface area (Å²) in [7, 11) is -3.98. The number of aromatic nitrogens is 2. The van der Waals surface area contributed by atoms with Gasteiger partial charge >= 0.3 is 6.36 Å². The average molecular weight is 879 g/mol. The lowest BCUT2D eigenvalue weighted by Gasteiger charge is -2.36. The lowest BCUT2D eigenvalue weighted by Crippen LogP contribution is -2.58. The van der Waals surface area contributed by atoms with E-state index in [4.69, 9.17) is 9.15 Å². The molecule has 8 rings (SSSR count). The molecule has 3 aliphatic rings. The zero-order chi connectivity index (χ0) is 44.4. The van der Waals surface area contributed by atoms with Crippen LogP contribution >= 0.6 is 0 Å². The summed E-state index contributed by atoms with van der Waals surface area (Å²) in [4.78, 5) is 53.6. The van der Waals surface area contributed by atoms with E-state index in [2.05, 4.69) is 36.6 Å². The second kappa shape index (κ2) is 15.6. The summed E-state index contributed by atoms with van der Waals surface area (Å²) in [6, 6.07) is 15.1. The van der Waals surface area contributed by atoms with Crippen LogP contribution < -0.4 is 24.8 Å². The SMILES string of the molecule is C=C[C@@H]1C[C@]1(NC(=O)[C@@H]1C[C@@H](Oc2nc(-c3ccc(OC(F)(F)F)cc3)nc3c2oc2ccccc23)CN1C(=O)[C@@H](Nc1ccc(F)cc1)C(C)(C)C)C(=O)NS(=O)(=O)C1CC1. The van der Waals surface area contributed by atoms with Crippen LogP contribution in [0.25, 0.3) is 33.5 Å². The Morgan fingerprint density at radius 1 is 1.00 bits per heavy atom. The van der Waals surface area contributed by atoms with Gasteiger partial charge in [0.05, 0.1) is 11.8 Å². The predicted molar refractivity (Wildman–Crippen MR) is 218 cm³/mol. The highest BCUT2D eigenvalue weighted by Gasteiger charge is 2.62. The highest BCUT2D eigenvalue weighted by atomic mass is 32.2. The molecule has 3 amide bonds. The number of likely N-dealkylation sites (tertiary alicyclic amines) is 1. The zero-order valence-corrected chi connectivity index (χ0v) is 34.5. The first-order valence-corrected chi connectivity index (χ1v) is 21.3. The number of nitrogens with zero attached hydrogens (tertiary/aromatic N) is 3. The number of sulfonamides is 1. The molecule has 0 bridgehead atoms. The van der Waals surface area contributed by atoms with Crippen molar-refractivity contribution in [1.82, 2.24) is 24.9 Å². The van der Waals surface area contributed by atoms with Gasteiger partial charge in [-0.15, -0.1) is 19.8 Å². The number of benzene rings is 3. The molecule has 3 N–H and O–H groups in total. The normalized spacial score (nSPS) is 21.9. The molecule has 0 radical (unpaired) electrons. The minimum atomic E-state index is -4.90. The van der Waals surface area contributed by atoms with Crippen LogP contribution in [0.15, 0.2) is 89.9 Å². The summed E-state index contributed by atoms with van der Waals surface area (Å²) >= 11 is 0. The van der Waals surface area contributed by atoms with E-state index in [0.29, 0.717) is 40.6 Å². The summed E-state index contributed by atoms with van der Waals surface area (Å²) in [5.74, 6) is -3.74. The first kappa shape index (κ1) is 42.5. The third-order valence-corrected chi connectivity index (χ3v) is 13.0. The molecule has 2 aromatic heterocycles. The fourth-order valence-corrected chi connectivity index (χ4v) is 9.02. The van der Waals surface area contributed by atoms with Gasteiger partial charge in [-0.1, -0.05) is 39.0 Å². The fraction of sp³-hybridized carbons (Fsp3) is 0.372. The Hall–Kier alpha value is -6.24. The molecule has 19 heteroatoms. The Morgan fingerprint density at radius 2 is 1.69 bits per heavy atom. The molecule has 1 saturated heterocycles. The standard InChI is InChI=1S/C43H42F4N6O8S/c1-5-24-21-42(24,40(56)52-62(57,58)29-18-19-29)51-37(54)31-20-28(22-53(31)39(55)35(41(2,3)4)48-26-14-12-25(44)13-15-26)59-38-34-33(30-8-6-7-9-32(30)60-34)49-36(50-38)23-10-16-27(17-11-23)61-43(45,46)47/h5-17,24,28-29,31,35,48H,1,18-22H2,2-4H3,(H,51,54)(H,52,56)/t24-,28-,31+,35-,42-/m1/s1. The third kappa shape index (κ3) is 8.62. The van der Waals surface area contributed by atoms with Crippen LogP contribution in [0.1, 0.15) is 46.5 Å². The van der Waals surface area contributed by atoms with Crippen molar-refractivity contribution < 1.29 is 54.3 Å². The minimum Gasteiger partial charge on any atom is -0.470 e. The number of amides is 3. The van der Waals surface area contributed by atoms with Gasteiger partial charge < -0.3 is 29.4 Å². The van der Waals surface area contributed by atoms with Gasteiger partial charge in [0.25, 0.3) is 11.8 Å². The Labute approximate surface area is 353 Å². The molecular weight excluding hydrogens is 837 g/mol. The minimum absolute atomic E-state index is 0.0624. The van der Waals surface area contributed by atoms with E-state index in [-0.39, 0.29) is 36.7 Å². The molecule has 1 aliphatic heterocycles. The first-order chi connectivity index (χ1) is 29.2. The maximum atomic E-state index is 14.8. The number of carbonyl (C=O) groups is 3. The van der Waals surface area contributed by atoms with Gasteiger partial charge in [0.1, 0.15) is 46.4 Å². The van der Waals surface area contributed by atoms with Crippen LogP contribution in [0, 0.1) is 17.2 Å². The predicted octanol–water partition coefficient (Wildman–Crippen LogP) is 6.63. The Balaban J connectivity index is 1.14. The molecule has 62 heavy (non-hydrogen) atoms. The number of fused-ring (bicyclic) bond motifs is 3. The molecule has 0 unspecified atom stereocenters. The number of para-hydroxylation sites is 1. The number of ether oxygens (including phenoxy) is 2. The van der Waals surface area contributed by atoms with E-state index >= 15 is 0 Å². The lowest BCUT2D eigenvalue weighted by molar-refractivity contribution is -0.274. The second-order valence-electron chi connectivity index (χ2n) is 16.8. The molecule has 14 nitrogen and oxygen atoms in total. The van der Waals surface area contributed by atoms with Crippen LogP contribution in [0.5, 0.6) is 11.6 Å². The number of hydrogen-bond acceptors (Lipinski definition) is 11. The summed E-state index contributed by atoms with van der Waals surface area (Å²) < 4.78 is 97.1. The van der Waals surface area contributed by atoms with Crippen molar-refractivity contribution in [2.24, 2.45) is 11.3 Å². The summed E-state index contributed by atoms with van der Waals surface area (Å²) in [5.41, 5.74) is -0.796. The van der Waals surface area contributed by atoms with Crippen molar-refractivity contribution in [3.63, 3.8) is 0 Å². The zero-order valence-electron chi connectivity index (χ0n) is 33.7. The molecule has 5 atom stereocenters. The molecule has 3 aromatic carbocycles. The molecule has 0 spiro atoms. The Kier molecular flexibility index (Phi) is 10.7. The number of carbonyl (C=O) groups excluding carboxylic acids is 3. The molecule has 5 aromatic rings. The van der Waals surface area contributed by atoms with E-state index in [1.54, 1.807) is 24.3 Å². The Morgan fingerprint density at radius 3 is 2.32 bits per heavy atom. The maximum Gasteiger partial charge on any atom is 0.573 e. The van der Waals surface area contributed by atoms with Gasteiger partial charge in [-0.25, -0.2) is 17.8 Å². The van der Waals surface area contributed by atoms with E-state index in [1.807, 2.05) is 20.8 Å². The monoisotopic (exact) mass is 878 g/mol. The molecule has 326 valence electrons. The largest absolute Gasteiger partial charge is 0.573 e. The second-order valence-corrected chi connectivity index (χ2v) is 18.8. The van der Waals surface area contributed by atoms with Gasteiger partial charge in [-0.2, -0.15) is 4.98 Å². The molecular formula is C43H42F4N6O8S. The number of halogens is 4. The average Bonchev–Trinajstić information content (AvgIpc) is 4.11. The van der Waals surface area contributed by atoms with E-state index in [1.165, 1.54) is 47.4 Å². The summed E-state index contributed by atoms with van der Waals surface area (Å²) in [6.45, 7) is 9.02. The molecule has 2 aliphatic carbocycles. The van der Waals surface area contributed by atoms with E-state index in [0.717, 1.165) is 12.1 Å². The van der Waals surface area contributed by atoms with Gasteiger partial charge in [0.15, 0.2) is 5.82 Å². The van der Waals surface area contributed by atoms with Crippen molar-refractivity contribution in [1.29, 1.82) is 0 Å². The van der Waals surface area contributed by atoms with Gasteiger partial charge in [0.2, 0.25) is 27.4 Å². The van der Waals surface area contributed by atoms with Crippen LogP contribution in [0.3, 0.4) is 0 Å². The van der Waals surface area contributed by atoms with Crippen molar-refractivity contribution >= 4 is 55.5 Å². The van der Waals surface area contributed by atoms with Crippen molar-refractivity contribution in [2.75, 3.05) is 11.9 Å². The maximum absolute atomic E-state index is 14.8. The number of rotatable bonds is 13. The van der Waals surface area contributed by atoms with Crippen molar-refractivity contribution in [2.45, 2.75) is 81.8 Å². The lowest BCUT2D eigenvalue weighted by atomic mass is 9.85. The number of hydrogen-bond donors (Lipinski definition) is 3. The Bertz CT molecular complexity index is 2680. The van der Waals surface area contributed by atoms with Crippen molar-refractivity contribution in [3.05, 3.63) is 91.3 Å². The van der Waals surface area contributed by atoms with Crippen LogP contribution in [0.2, 0.25) is 0 Å². The summed E-state index contributed by atoms with van der Waals surface area (Å²) in [5, 5.41) is 5.84. The third-order valence-electron chi connectivity index (χ3n) is 11.2.